The Morgan fingerprint density at radius 1 is 1.29 bits per heavy atom. The van der Waals surface area contributed by atoms with Crippen LogP contribution < -0.4 is 0 Å². The van der Waals surface area contributed by atoms with Crippen molar-refractivity contribution in [2.24, 2.45) is 11.8 Å². The molecule has 1 aromatic rings. The Kier molecular flexibility index (Phi) is 5.97. The van der Waals surface area contributed by atoms with Crippen LogP contribution in [0.3, 0.4) is 0 Å². The molecule has 1 fully saturated rings. The molecule has 0 unspecified atom stereocenters. The summed E-state index contributed by atoms with van der Waals surface area (Å²) in [6, 6.07) is 10.3. The predicted molar refractivity (Wildman–Crippen MR) is 81.9 cm³/mol. The molecule has 0 aromatic heterocycles. The Labute approximate surface area is 126 Å². The highest BCUT2D eigenvalue weighted by molar-refractivity contribution is 5.83. The van der Waals surface area contributed by atoms with Gasteiger partial charge in [-0.05, 0) is 43.6 Å². The molecule has 0 N–H and O–H groups in total. The summed E-state index contributed by atoms with van der Waals surface area (Å²) in [6.45, 7) is 0. The molecule has 1 saturated carbocycles. The second kappa shape index (κ2) is 7.96. The summed E-state index contributed by atoms with van der Waals surface area (Å²) in [4.78, 5) is 23.7. The van der Waals surface area contributed by atoms with Gasteiger partial charge < -0.3 is 4.74 Å². The van der Waals surface area contributed by atoms with Crippen molar-refractivity contribution in [1.82, 2.24) is 0 Å². The number of esters is 1. The van der Waals surface area contributed by atoms with E-state index >= 15 is 0 Å². The van der Waals surface area contributed by atoms with Gasteiger partial charge in [-0.3, -0.25) is 9.59 Å². The van der Waals surface area contributed by atoms with Gasteiger partial charge in [-0.1, -0.05) is 30.3 Å². The van der Waals surface area contributed by atoms with Crippen molar-refractivity contribution in [2.45, 2.75) is 44.9 Å². The molecule has 1 aliphatic carbocycles. The minimum atomic E-state index is -0.192. The number of benzene rings is 1. The number of Topliss-reactive ketones (excluding diaryl/α,β-unsaturated/α-hetero) is 1. The number of hydrogen-bond donors (Lipinski definition) is 0. The number of rotatable bonds is 6. The topological polar surface area (TPSA) is 43.4 Å². The highest BCUT2D eigenvalue weighted by atomic mass is 16.5. The lowest BCUT2D eigenvalue weighted by molar-refractivity contribution is -0.143. The van der Waals surface area contributed by atoms with Crippen LogP contribution in [0, 0.1) is 11.8 Å². The minimum Gasteiger partial charge on any atom is -0.469 e. The van der Waals surface area contributed by atoms with Crippen molar-refractivity contribution in [2.75, 3.05) is 7.11 Å². The fraction of sp³-hybridized carbons (Fsp3) is 0.556. The van der Waals surface area contributed by atoms with Gasteiger partial charge in [0.2, 0.25) is 0 Å². The molecule has 0 amide bonds. The molecule has 1 aromatic carbocycles. The number of ketones is 1. The van der Waals surface area contributed by atoms with E-state index in [9.17, 15) is 9.59 Å². The van der Waals surface area contributed by atoms with E-state index < -0.39 is 0 Å². The van der Waals surface area contributed by atoms with Crippen LogP contribution in [-0.2, 0) is 20.7 Å². The zero-order valence-electron chi connectivity index (χ0n) is 12.7. The molecule has 0 bridgehead atoms. The Morgan fingerprint density at radius 2 is 2.05 bits per heavy atom. The Morgan fingerprint density at radius 3 is 2.76 bits per heavy atom. The molecule has 0 heterocycles. The standard InChI is InChI=1S/C18H24O3/c1-21-18(20)13-15-10-6-12-17(19)16(15)11-5-9-14-7-3-2-4-8-14/h2-4,7-8,15-16H,5-6,9-13H2,1H3/t15-,16+/m0/s1. The van der Waals surface area contributed by atoms with Gasteiger partial charge in [0.25, 0.3) is 0 Å². The van der Waals surface area contributed by atoms with Crippen LogP contribution in [-0.4, -0.2) is 18.9 Å². The van der Waals surface area contributed by atoms with Crippen LogP contribution in [0.5, 0.6) is 0 Å². The maximum atomic E-state index is 12.2. The van der Waals surface area contributed by atoms with Crippen molar-refractivity contribution in [3.05, 3.63) is 35.9 Å². The van der Waals surface area contributed by atoms with E-state index in [2.05, 4.69) is 12.1 Å². The van der Waals surface area contributed by atoms with Crippen LogP contribution in [0.4, 0.5) is 0 Å². The first-order valence-electron chi connectivity index (χ1n) is 7.84. The van der Waals surface area contributed by atoms with Gasteiger partial charge in [-0.2, -0.15) is 0 Å². The minimum absolute atomic E-state index is 0.0431. The third-order valence-electron chi connectivity index (χ3n) is 4.46. The highest BCUT2D eigenvalue weighted by Gasteiger charge is 2.32. The lowest BCUT2D eigenvalue weighted by Gasteiger charge is -2.29. The van der Waals surface area contributed by atoms with E-state index in [0.717, 1.165) is 32.1 Å². The van der Waals surface area contributed by atoms with E-state index in [0.29, 0.717) is 18.6 Å². The fourth-order valence-corrected chi connectivity index (χ4v) is 3.30. The molecule has 2 atom stereocenters. The van der Waals surface area contributed by atoms with Gasteiger partial charge in [-0.25, -0.2) is 0 Å². The van der Waals surface area contributed by atoms with Gasteiger partial charge in [0.15, 0.2) is 0 Å². The first-order chi connectivity index (χ1) is 10.2. The lowest BCUT2D eigenvalue weighted by Crippen LogP contribution is -2.30. The van der Waals surface area contributed by atoms with Crippen molar-refractivity contribution in [3.63, 3.8) is 0 Å². The molecule has 3 heteroatoms. The number of ether oxygens (including phenoxy) is 1. The molecular weight excluding hydrogens is 264 g/mol. The third kappa shape index (κ3) is 4.69. The summed E-state index contributed by atoms with van der Waals surface area (Å²) in [6.07, 6.45) is 5.82. The maximum Gasteiger partial charge on any atom is 0.305 e. The highest BCUT2D eigenvalue weighted by Crippen LogP contribution is 2.33. The summed E-state index contributed by atoms with van der Waals surface area (Å²) in [7, 11) is 1.41. The van der Waals surface area contributed by atoms with Crippen LogP contribution >= 0.6 is 0 Å². The van der Waals surface area contributed by atoms with E-state index in [-0.39, 0.29) is 17.8 Å². The number of aryl methyl sites for hydroxylation is 1. The van der Waals surface area contributed by atoms with E-state index in [1.807, 2.05) is 18.2 Å². The van der Waals surface area contributed by atoms with Crippen molar-refractivity contribution >= 4 is 11.8 Å². The van der Waals surface area contributed by atoms with Crippen LogP contribution in [0.25, 0.3) is 0 Å². The van der Waals surface area contributed by atoms with Gasteiger partial charge in [0.05, 0.1) is 7.11 Å². The van der Waals surface area contributed by atoms with E-state index in [1.165, 1.54) is 12.7 Å². The fourth-order valence-electron chi connectivity index (χ4n) is 3.30. The van der Waals surface area contributed by atoms with Gasteiger partial charge in [-0.15, -0.1) is 0 Å². The zero-order valence-corrected chi connectivity index (χ0v) is 12.7. The number of carbonyl (C=O) groups excluding carboxylic acids is 2. The second-order valence-corrected chi connectivity index (χ2v) is 5.88. The van der Waals surface area contributed by atoms with Crippen LogP contribution in [0.1, 0.15) is 44.1 Å². The van der Waals surface area contributed by atoms with Gasteiger partial charge in [0, 0.05) is 18.8 Å². The SMILES string of the molecule is COC(=O)C[C@@H]1CCCC(=O)[C@@H]1CCCc1ccccc1. The first-order valence-corrected chi connectivity index (χ1v) is 7.84. The Bertz CT molecular complexity index is 467. The number of carbonyl (C=O) groups is 2. The summed E-state index contributed by atoms with van der Waals surface area (Å²) in [5, 5.41) is 0. The summed E-state index contributed by atoms with van der Waals surface area (Å²) in [5.41, 5.74) is 1.31. The van der Waals surface area contributed by atoms with Crippen molar-refractivity contribution < 1.29 is 14.3 Å². The van der Waals surface area contributed by atoms with E-state index in [1.54, 1.807) is 0 Å². The molecule has 3 nitrogen and oxygen atoms in total. The average Bonchev–Trinajstić information content (AvgIpc) is 2.51. The second-order valence-electron chi connectivity index (χ2n) is 5.88. The average molecular weight is 288 g/mol. The number of hydrogen-bond acceptors (Lipinski definition) is 3. The molecule has 0 spiro atoms. The van der Waals surface area contributed by atoms with Crippen LogP contribution in [0.2, 0.25) is 0 Å². The van der Waals surface area contributed by atoms with Gasteiger partial charge >= 0.3 is 5.97 Å². The monoisotopic (exact) mass is 288 g/mol. The number of methoxy groups -OCH3 is 1. The van der Waals surface area contributed by atoms with E-state index in [4.69, 9.17) is 4.74 Å². The molecule has 1 aliphatic rings. The molecule has 21 heavy (non-hydrogen) atoms. The van der Waals surface area contributed by atoms with Crippen molar-refractivity contribution in [3.8, 4) is 0 Å². The molecular formula is C18H24O3. The molecule has 2 rings (SSSR count). The molecule has 0 aliphatic heterocycles. The third-order valence-corrected chi connectivity index (χ3v) is 4.46. The summed E-state index contributed by atoms with van der Waals surface area (Å²) < 4.78 is 4.76. The summed E-state index contributed by atoms with van der Waals surface area (Å²) >= 11 is 0. The first kappa shape index (κ1) is 15.7. The Hall–Kier alpha value is -1.64. The lowest BCUT2D eigenvalue weighted by atomic mass is 9.74. The Balaban J connectivity index is 1.87. The largest absolute Gasteiger partial charge is 0.469 e. The van der Waals surface area contributed by atoms with Gasteiger partial charge in [0.1, 0.15) is 5.78 Å². The zero-order chi connectivity index (χ0) is 15.1. The predicted octanol–water partition coefficient (Wildman–Crippen LogP) is 3.56. The van der Waals surface area contributed by atoms with Crippen molar-refractivity contribution in [1.29, 1.82) is 0 Å². The molecule has 114 valence electrons. The molecule has 0 radical (unpaired) electrons. The normalized spacial score (nSPS) is 22.0. The maximum absolute atomic E-state index is 12.2. The quantitative estimate of drug-likeness (QED) is 0.752. The van der Waals surface area contributed by atoms with Crippen LogP contribution in [0.15, 0.2) is 30.3 Å². The summed E-state index contributed by atoms with van der Waals surface area (Å²) in [5.74, 6) is 0.363. The smallest absolute Gasteiger partial charge is 0.305 e. The molecule has 0 saturated heterocycles.